The molecule has 0 spiro atoms. The van der Waals surface area contributed by atoms with E-state index in [2.05, 4.69) is 15.4 Å². The van der Waals surface area contributed by atoms with Crippen LogP contribution in [-0.2, 0) is 13.7 Å². The summed E-state index contributed by atoms with van der Waals surface area (Å²) in [6, 6.07) is 7.68. The third-order valence-corrected chi connectivity index (χ3v) is 4.40. The molecule has 0 unspecified atom stereocenters. The Morgan fingerprint density at radius 1 is 1.32 bits per heavy atom. The number of aryl methyl sites for hydroxylation is 2. The van der Waals surface area contributed by atoms with E-state index >= 15 is 0 Å². The molecule has 7 heteroatoms. The van der Waals surface area contributed by atoms with Crippen molar-refractivity contribution in [3.05, 3.63) is 63.7 Å². The first-order valence-corrected chi connectivity index (χ1v) is 8.22. The fraction of sp³-hybridized carbons (Fsp3) is 0.333. The number of hydrogen-bond donors (Lipinski definition) is 0. The Hall–Kier alpha value is -2.96. The van der Waals surface area contributed by atoms with Crippen LogP contribution in [0.15, 0.2) is 41.3 Å². The van der Waals surface area contributed by atoms with Crippen LogP contribution in [0.5, 0.6) is 5.75 Å². The van der Waals surface area contributed by atoms with Gasteiger partial charge in [0.1, 0.15) is 12.4 Å². The van der Waals surface area contributed by atoms with Gasteiger partial charge in [0.05, 0.1) is 1.37 Å². The van der Waals surface area contributed by atoms with Crippen LogP contribution in [0.3, 0.4) is 0 Å². The Kier molecular flexibility index (Phi) is 3.54. The van der Waals surface area contributed by atoms with Gasteiger partial charge in [-0.05, 0) is 59.4 Å². The Morgan fingerprint density at radius 3 is 2.84 bits per heavy atom. The fourth-order valence-corrected chi connectivity index (χ4v) is 2.86. The second-order valence-corrected chi connectivity index (χ2v) is 6.25. The molecule has 7 nitrogen and oxygen atoms in total. The van der Waals surface area contributed by atoms with E-state index in [1.807, 2.05) is 13.0 Å². The highest BCUT2D eigenvalue weighted by atomic mass is 16.5. The summed E-state index contributed by atoms with van der Waals surface area (Å²) in [5.74, 6) is 1.64. The first-order chi connectivity index (χ1) is 12.5. The normalized spacial score (nSPS) is 14.4. The Balaban J connectivity index is 1.73. The number of ether oxygens (including phenoxy) is 1. The van der Waals surface area contributed by atoms with Gasteiger partial charge in [0, 0.05) is 18.8 Å². The molecule has 128 valence electrons. The second kappa shape index (κ2) is 6.16. The lowest BCUT2D eigenvalue weighted by molar-refractivity contribution is 0.301. The van der Waals surface area contributed by atoms with Crippen molar-refractivity contribution < 1.29 is 6.11 Å². The molecular formula is C18H19N5O2. The van der Waals surface area contributed by atoms with E-state index in [0.29, 0.717) is 23.5 Å². The fourth-order valence-electron chi connectivity index (χ4n) is 2.86. The molecule has 1 aliphatic carbocycles. The van der Waals surface area contributed by atoms with Gasteiger partial charge in [0.25, 0.3) is 0 Å². The molecule has 4 rings (SSSR count). The van der Waals surface area contributed by atoms with Gasteiger partial charge in [0.15, 0.2) is 5.82 Å². The SMILES string of the molecule is [3H]c1ccc(OCc2c(C3CC3)ccnc2-n2nnn(C)c2=O)c(C)c1. The van der Waals surface area contributed by atoms with Crippen LogP contribution in [0.25, 0.3) is 5.82 Å². The monoisotopic (exact) mass is 339 g/mol. The number of benzene rings is 1. The van der Waals surface area contributed by atoms with Gasteiger partial charge in [-0.2, -0.15) is 4.68 Å². The number of nitrogens with zero attached hydrogens (tertiary/aromatic N) is 5. The smallest absolute Gasteiger partial charge is 0.369 e. The van der Waals surface area contributed by atoms with Crippen LogP contribution < -0.4 is 10.4 Å². The van der Waals surface area contributed by atoms with Crippen LogP contribution in [0.2, 0.25) is 0 Å². The lowest BCUT2D eigenvalue weighted by Crippen LogP contribution is -2.24. The maximum Gasteiger partial charge on any atom is 0.369 e. The lowest BCUT2D eigenvalue weighted by Gasteiger charge is -2.14. The summed E-state index contributed by atoms with van der Waals surface area (Å²) in [6.45, 7) is 2.18. The number of rotatable bonds is 5. The summed E-state index contributed by atoms with van der Waals surface area (Å²) < 4.78 is 16.1. The van der Waals surface area contributed by atoms with Gasteiger partial charge in [-0.1, -0.05) is 18.2 Å². The van der Waals surface area contributed by atoms with Crippen LogP contribution in [0, 0.1) is 6.92 Å². The highest BCUT2D eigenvalue weighted by molar-refractivity contribution is 5.43. The minimum absolute atomic E-state index is 0.274. The van der Waals surface area contributed by atoms with Crippen LogP contribution in [-0.4, -0.2) is 24.8 Å². The van der Waals surface area contributed by atoms with E-state index in [-0.39, 0.29) is 12.3 Å². The number of aromatic nitrogens is 5. The third kappa shape index (κ3) is 2.93. The maximum atomic E-state index is 12.3. The molecule has 3 aromatic rings. The molecule has 1 fully saturated rings. The molecule has 0 aliphatic heterocycles. The van der Waals surface area contributed by atoms with E-state index in [1.165, 1.54) is 9.36 Å². The molecule has 0 amide bonds. The zero-order chi connectivity index (χ0) is 18.3. The molecule has 1 aromatic carbocycles. The van der Waals surface area contributed by atoms with Gasteiger partial charge in [-0.25, -0.2) is 9.78 Å². The van der Waals surface area contributed by atoms with Crippen molar-refractivity contribution in [2.45, 2.75) is 32.3 Å². The summed E-state index contributed by atoms with van der Waals surface area (Å²) in [7, 11) is 1.55. The third-order valence-electron chi connectivity index (χ3n) is 4.40. The Morgan fingerprint density at radius 2 is 2.16 bits per heavy atom. The minimum Gasteiger partial charge on any atom is -0.488 e. The van der Waals surface area contributed by atoms with Gasteiger partial charge in [-0.3, -0.25) is 0 Å². The maximum absolute atomic E-state index is 12.3. The molecule has 25 heavy (non-hydrogen) atoms. The Labute approximate surface area is 146 Å². The number of pyridine rings is 1. The summed E-state index contributed by atoms with van der Waals surface area (Å²) in [5.41, 5.74) is 2.54. The molecule has 2 heterocycles. The molecule has 0 N–H and O–H groups in total. The second-order valence-electron chi connectivity index (χ2n) is 6.25. The quantitative estimate of drug-likeness (QED) is 0.712. The van der Waals surface area contributed by atoms with Crippen molar-refractivity contribution in [1.29, 1.82) is 0 Å². The molecule has 2 aromatic heterocycles. The number of tetrazole rings is 1. The zero-order valence-corrected chi connectivity index (χ0v) is 14.1. The van der Waals surface area contributed by atoms with E-state index in [9.17, 15) is 4.79 Å². The molecule has 1 saturated carbocycles. The standard InChI is InChI=1S/C18H19N5O2/c1-12-5-3-4-6-16(12)25-11-15-14(13-7-8-13)9-10-19-17(15)23-18(24)22(2)20-21-23/h3-6,9-10,13H,7-8,11H2,1-2H3/i3T. The summed E-state index contributed by atoms with van der Waals surface area (Å²) in [6.07, 6.45) is 3.95. The highest BCUT2D eigenvalue weighted by Crippen LogP contribution is 2.42. The van der Waals surface area contributed by atoms with E-state index in [0.717, 1.165) is 29.5 Å². The molecule has 0 radical (unpaired) electrons. The molecular weight excluding hydrogens is 318 g/mol. The predicted octanol–water partition coefficient (Wildman–Crippen LogP) is 2.13. The zero-order valence-electron chi connectivity index (χ0n) is 15.1. The lowest BCUT2D eigenvalue weighted by atomic mass is 10.1. The van der Waals surface area contributed by atoms with E-state index in [1.54, 1.807) is 31.4 Å². The number of hydrogen-bond acceptors (Lipinski definition) is 5. The summed E-state index contributed by atoms with van der Waals surface area (Å²) in [4.78, 5) is 16.7. The van der Waals surface area contributed by atoms with E-state index < -0.39 is 0 Å². The van der Waals surface area contributed by atoms with Crippen molar-refractivity contribution >= 4 is 0 Å². The topological polar surface area (TPSA) is 74.8 Å². The van der Waals surface area contributed by atoms with E-state index in [4.69, 9.17) is 6.11 Å². The van der Waals surface area contributed by atoms with Crippen molar-refractivity contribution in [3.8, 4) is 11.6 Å². The Bertz CT molecular complexity index is 1020. The van der Waals surface area contributed by atoms with Crippen molar-refractivity contribution in [3.63, 3.8) is 0 Å². The van der Waals surface area contributed by atoms with Gasteiger partial charge in [0.2, 0.25) is 0 Å². The molecule has 0 saturated heterocycles. The average Bonchev–Trinajstić information content (AvgIpc) is 3.41. The summed E-state index contributed by atoms with van der Waals surface area (Å²) >= 11 is 0. The average molecular weight is 339 g/mol. The minimum atomic E-state index is -0.346. The largest absolute Gasteiger partial charge is 0.488 e. The van der Waals surface area contributed by atoms with Crippen LogP contribution >= 0.6 is 0 Å². The van der Waals surface area contributed by atoms with Gasteiger partial charge in [-0.15, -0.1) is 4.68 Å². The van der Waals surface area contributed by atoms with Crippen LogP contribution in [0.1, 0.15) is 36.8 Å². The number of para-hydroxylation sites is 1. The highest BCUT2D eigenvalue weighted by Gasteiger charge is 2.29. The molecule has 1 aliphatic rings. The van der Waals surface area contributed by atoms with Gasteiger partial charge < -0.3 is 4.74 Å². The molecule has 0 atom stereocenters. The van der Waals surface area contributed by atoms with Crippen molar-refractivity contribution in [2.24, 2.45) is 7.05 Å². The van der Waals surface area contributed by atoms with Crippen LogP contribution in [0.4, 0.5) is 0 Å². The van der Waals surface area contributed by atoms with Crippen molar-refractivity contribution in [1.82, 2.24) is 24.8 Å². The van der Waals surface area contributed by atoms with Gasteiger partial charge >= 0.3 is 5.69 Å². The first kappa shape index (κ1) is 14.4. The summed E-state index contributed by atoms with van der Waals surface area (Å²) in [5, 5.41) is 7.71. The molecule has 0 bridgehead atoms. The first-order valence-electron chi connectivity index (χ1n) is 8.72. The predicted molar refractivity (Wildman–Crippen MR) is 91.9 cm³/mol. The van der Waals surface area contributed by atoms with Crippen molar-refractivity contribution in [2.75, 3.05) is 0 Å².